The van der Waals surface area contributed by atoms with Gasteiger partial charge in [-0.15, -0.1) is 0 Å². The summed E-state index contributed by atoms with van der Waals surface area (Å²) in [6, 6.07) is 15.3. The standard InChI is InChI=1S/C24H30N2O3/c1-5-14-29-19-12-10-18(11-13-19)26-16-17(15-22(26)27)23(28)25-21-9-7-6-8-20(21)24(2,3)4/h6-13,17H,5,14-16H2,1-4H3,(H,25,28). The Morgan fingerprint density at radius 1 is 1.14 bits per heavy atom. The smallest absolute Gasteiger partial charge is 0.229 e. The molecule has 3 rings (SSSR count). The zero-order valence-electron chi connectivity index (χ0n) is 17.7. The molecule has 0 aliphatic carbocycles. The minimum Gasteiger partial charge on any atom is -0.494 e. The Hall–Kier alpha value is -2.82. The average Bonchev–Trinajstić information content (AvgIpc) is 3.08. The van der Waals surface area contributed by atoms with Gasteiger partial charge in [-0.05, 0) is 47.7 Å². The van der Waals surface area contributed by atoms with E-state index in [1.807, 2.05) is 48.5 Å². The van der Waals surface area contributed by atoms with Crippen LogP contribution in [0.5, 0.6) is 5.75 Å². The molecule has 1 N–H and O–H groups in total. The molecule has 1 atom stereocenters. The van der Waals surface area contributed by atoms with Crippen molar-refractivity contribution in [2.75, 3.05) is 23.4 Å². The molecule has 29 heavy (non-hydrogen) atoms. The van der Waals surface area contributed by atoms with E-state index in [9.17, 15) is 9.59 Å². The fraction of sp³-hybridized carbons (Fsp3) is 0.417. The largest absolute Gasteiger partial charge is 0.494 e. The lowest BCUT2D eigenvalue weighted by atomic mass is 9.85. The molecular formula is C24H30N2O3. The normalized spacial score (nSPS) is 16.8. The van der Waals surface area contributed by atoms with Crippen molar-refractivity contribution >= 4 is 23.2 Å². The Morgan fingerprint density at radius 3 is 2.48 bits per heavy atom. The zero-order chi connectivity index (χ0) is 21.0. The first-order chi connectivity index (χ1) is 13.8. The molecule has 154 valence electrons. The topological polar surface area (TPSA) is 58.6 Å². The molecule has 5 nitrogen and oxygen atoms in total. The van der Waals surface area contributed by atoms with Crippen LogP contribution in [0.1, 0.15) is 46.1 Å². The van der Waals surface area contributed by atoms with Crippen LogP contribution in [-0.4, -0.2) is 25.0 Å². The number of carbonyl (C=O) groups excluding carboxylic acids is 2. The van der Waals surface area contributed by atoms with E-state index in [0.717, 1.165) is 29.1 Å². The second kappa shape index (κ2) is 8.68. The van der Waals surface area contributed by atoms with Gasteiger partial charge in [0.2, 0.25) is 11.8 Å². The number of amides is 2. The molecule has 1 heterocycles. The monoisotopic (exact) mass is 394 g/mol. The SMILES string of the molecule is CCCOc1ccc(N2CC(C(=O)Nc3ccccc3C(C)(C)C)CC2=O)cc1. The Balaban J connectivity index is 1.68. The molecule has 0 bridgehead atoms. The molecule has 2 amide bonds. The maximum Gasteiger partial charge on any atom is 0.229 e. The minimum absolute atomic E-state index is 0.0310. The first-order valence-electron chi connectivity index (χ1n) is 10.2. The summed E-state index contributed by atoms with van der Waals surface area (Å²) < 4.78 is 5.60. The number of para-hydroxylation sites is 1. The number of benzene rings is 2. The van der Waals surface area contributed by atoms with Crippen molar-refractivity contribution in [3.05, 3.63) is 54.1 Å². The van der Waals surface area contributed by atoms with Crippen LogP contribution in [0.3, 0.4) is 0 Å². The van der Waals surface area contributed by atoms with E-state index in [1.165, 1.54) is 0 Å². The lowest BCUT2D eigenvalue weighted by Gasteiger charge is -2.23. The van der Waals surface area contributed by atoms with E-state index in [-0.39, 0.29) is 29.6 Å². The lowest BCUT2D eigenvalue weighted by molar-refractivity contribution is -0.122. The molecule has 1 aliphatic rings. The van der Waals surface area contributed by atoms with Gasteiger partial charge in [0, 0.05) is 24.3 Å². The highest BCUT2D eigenvalue weighted by Crippen LogP contribution is 2.31. The van der Waals surface area contributed by atoms with Gasteiger partial charge in [-0.3, -0.25) is 9.59 Å². The molecule has 1 aliphatic heterocycles. The summed E-state index contributed by atoms with van der Waals surface area (Å²) in [5.41, 5.74) is 2.61. The van der Waals surface area contributed by atoms with Gasteiger partial charge in [-0.2, -0.15) is 0 Å². The summed E-state index contributed by atoms with van der Waals surface area (Å²) in [7, 11) is 0. The molecule has 0 aromatic heterocycles. The third kappa shape index (κ3) is 4.97. The fourth-order valence-electron chi connectivity index (χ4n) is 3.56. The van der Waals surface area contributed by atoms with Crippen LogP contribution in [0.15, 0.2) is 48.5 Å². The maximum atomic E-state index is 12.9. The number of ether oxygens (including phenoxy) is 1. The van der Waals surface area contributed by atoms with Gasteiger partial charge in [0.15, 0.2) is 0 Å². The van der Waals surface area contributed by atoms with Crippen LogP contribution >= 0.6 is 0 Å². The molecule has 1 saturated heterocycles. The van der Waals surface area contributed by atoms with Crippen molar-refractivity contribution in [2.45, 2.75) is 46.0 Å². The summed E-state index contributed by atoms with van der Waals surface area (Å²) in [4.78, 5) is 27.1. The highest BCUT2D eigenvalue weighted by atomic mass is 16.5. The number of carbonyl (C=O) groups is 2. The third-order valence-corrected chi connectivity index (χ3v) is 5.11. The van der Waals surface area contributed by atoms with E-state index < -0.39 is 0 Å². The van der Waals surface area contributed by atoms with E-state index in [4.69, 9.17) is 4.74 Å². The first-order valence-corrected chi connectivity index (χ1v) is 10.2. The van der Waals surface area contributed by atoms with Gasteiger partial charge >= 0.3 is 0 Å². The van der Waals surface area contributed by atoms with Crippen molar-refractivity contribution < 1.29 is 14.3 Å². The molecule has 0 spiro atoms. The van der Waals surface area contributed by atoms with E-state index >= 15 is 0 Å². The Labute approximate surface area is 173 Å². The Morgan fingerprint density at radius 2 is 1.83 bits per heavy atom. The minimum atomic E-state index is -0.369. The number of rotatable bonds is 6. The van der Waals surface area contributed by atoms with Crippen molar-refractivity contribution in [2.24, 2.45) is 5.92 Å². The summed E-state index contributed by atoms with van der Waals surface area (Å²) in [6.07, 6.45) is 1.17. The van der Waals surface area contributed by atoms with Crippen molar-refractivity contribution in [3.8, 4) is 5.75 Å². The summed E-state index contributed by atoms with van der Waals surface area (Å²) in [5, 5.41) is 3.05. The molecule has 1 fully saturated rings. The second-order valence-electron chi connectivity index (χ2n) is 8.53. The predicted octanol–water partition coefficient (Wildman–Crippen LogP) is 4.76. The molecule has 0 radical (unpaired) electrons. The number of nitrogens with zero attached hydrogens (tertiary/aromatic N) is 1. The third-order valence-electron chi connectivity index (χ3n) is 5.11. The maximum absolute atomic E-state index is 12.9. The highest BCUT2D eigenvalue weighted by Gasteiger charge is 2.35. The molecule has 2 aromatic carbocycles. The van der Waals surface area contributed by atoms with E-state index in [2.05, 4.69) is 33.0 Å². The molecule has 5 heteroatoms. The van der Waals surface area contributed by atoms with Crippen LogP contribution in [0, 0.1) is 5.92 Å². The second-order valence-corrected chi connectivity index (χ2v) is 8.53. The number of nitrogens with one attached hydrogen (secondary N) is 1. The highest BCUT2D eigenvalue weighted by molar-refractivity contribution is 6.03. The zero-order valence-corrected chi connectivity index (χ0v) is 17.7. The van der Waals surface area contributed by atoms with Crippen LogP contribution in [0.4, 0.5) is 11.4 Å². The first kappa shape index (κ1) is 20.9. The van der Waals surface area contributed by atoms with Crippen LogP contribution in [-0.2, 0) is 15.0 Å². The molecule has 2 aromatic rings. The Kier molecular flexibility index (Phi) is 6.26. The van der Waals surface area contributed by atoms with Crippen LogP contribution < -0.4 is 15.0 Å². The van der Waals surface area contributed by atoms with Gasteiger partial charge in [0.1, 0.15) is 5.75 Å². The van der Waals surface area contributed by atoms with Crippen molar-refractivity contribution in [1.82, 2.24) is 0 Å². The number of hydrogen-bond acceptors (Lipinski definition) is 3. The van der Waals surface area contributed by atoms with E-state index in [0.29, 0.717) is 13.2 Å². The van der Waals surface area contributed by atoms with Gasteiger partial charge < -0.3 is 15.0 Å². The quantitative estimate of drug-likeness (QED) is 0.768. The summed E-state index contributed by atoms with van der Waals surface area (Å²) >= 11 is 0. The van der Waals surface area contributed by atoms with Crippen molar-refractivity contribution in [3.63, 3.8) is 0 Å². The average molecular weight is 395 g/mol. The van der Waals surface area contributed by atoms with Gasteiger partial charge in [0.05, 0.1) is 12.5 Å². The predicted molar refractivity (Wildman–Crippen MR) is 116 cm³/mol. The van der Waals surface area contributed by atoms with Gasteiger partial charge in [0.25, 0.3) is 0 Å². The van der Waals surface area contributed by atoms with Gasteiger partial charge in [-0.1, -0.05) is 45.9 Å². The van der Waals surface area contributed by atoms with Crippen molar-refractivity contribution in [1.29, 1.82) is 0 Å². The summed E-state index contributed by atoms with van der Waals surface area (Å²) in [5.74, 6) is 0.277. The molecule has 0 saturated carbocycles. The molecular weight excluding hydrogens is 364 g/mol. The fourth-order valence-corrected chi connectivity index (χ4v) is 3.56. The van der Waals surface area contributed by atoms with Crippen LogP contribution in [0.2, 0.25) is 0 Å². The molecule has 1 unspecified atom stereocenters. The lowest BCUT2D eigenvalue weighted by Crippen LogP contribution is -2.28. The van der Waals surface area contributed by atoms with Crippen LogP contribution in [0.25, 0.3) is 0 Å². The number of hydrogen-bond donors (Lipinski definition) is 1. The Bertz CT molecular complexity index is 868. The number of anilines is 2. The van der Waals surface area contributed by atoms with Gasteiger partial charge in [-0.25, -0.2) is 0 Å². The van der Waals surface area contributed by atoms with E-state index in [1.54, 1.807) is 4.90 Å². The summed E-state index contributed by atoms with van der Waals surface area (Å²) in [6.45, 7) is 9.46.